The van der Waals surface area contributed by atoms with E-state index in [1.807, 2.05) is 0 Å². The second kappa shape index (κ2) is 8.33. The first-order valence-corrected chi connectivity index (χ1v) is 13.2. The quantitative estimate of drug-likeness (QED) is 0.295. The van der Waals surface area contributed by atoms with Crippen LogP contribution in [0.3, 0.4) is 0 Å². The summed E-state index contributed by atoms with van der Waals surface area (Å²) in [4.78, 5) is 14.5. The Morgan fingerprint density at radius 3 is 2.26 bits per heavy atom. The number of fused-ring (bicyclic) bond motifs is 2. The summed E-state index contributed by atoms with van der Waals surface area (Å²) in [7, 11) is -2.92. The van der Waals surface area contributed by atoms with E-state index in [0.29, 0.717) is 17.0 Å². The van der Waals surface area contributed by atoms with Crippen LogP contribution in [-0.2, 0) is 21.7 Å². The van der Waals surface area contributed by atoms with E-state index in [-0.39, 0.29) is 26.6 Å². The van der Waals surface area contributed by atoms with Crippen molar-refractivity contribution in [2.45, 2.75) is 36.1 Å². The Balaban J connectivity index is 1.56. The Labute approximate surface area is 222 Å². The first kappa shape index (κ1) is 26.3. The predicted molar refractivity (Wildman–Crippen MR) is 136 cm³/mol. The number of anilines is 1. The summed E-state index contributed by atoms with van der Waals surface area (Å²) in [6.07, 6.45) is -0.981. The first-order chi connectivity index (χ1) is 17.6. The van der Waals surface area contributed by atoms with Gasteiger partial charge in [0.1, 0.15) is 10.6 Å². The molecule has 0 saturated heterocycles. The van der Waals surface area contributed by atoms with Gasteiger partial charge in [-0.2, -0.15) is 21.6 Å². The largest absolute Gasteiger partial charge is 0.463 e. The van der Waals surface area contributed by atoms with Crippen LogP contribution in [0.15, 0.2) is 65.6 Å². The van der Waals surface area contributed by atoms with E-state index in [1.54, 1.807) is 50.1 Å². The molecule has 5 rings (SSSR count). The van der Waals surface area contributed by atoms with Crippen molar-refractivity contribution in [1.82, 2.24) is 0 Å². The summed E-state index contributed by atoms with van der Waals surface area (Å²) in [6.45, 7) is 3.51. The Bertz CT molecular complexity index is 1630. The number of carbonyl (C=O) groups is 1. The summed E-state index contributed by atoms with van der Waals surface area (Å²) in [5, 5.41) is 0.258. The van der Waals surface area contributed by atoms with Crippen molar-refractivity contribution in [3.05, 3.63) is 93.5 Å². The van der Waals surface area contributed by atoms with Crippen LogP contribution in [0, 0.1) is 0 Å². The van der Waals surface area contributed by atoms with Gasteiger partial charge < -0.3 is 9.64 Å². The molecule has 0 fully saturated rings. The molecule has 1 spiro atoms. The number of rotatable bonds is 3. The van der Waals surface area contributed by atoms with Gasteiger partial charge in [0, 0.05) is 29.3 Å². The maximum absolute atomic E-state index is 13.1. The molecule has 38 heavy (non-hydrogen) atoms. The zero-order valence-electron chi connectivity index (χ0n) is 20.3. The zero-order chi connectivity index (χ0) is 27.8. The minimum atomic E-state index is -4.60. The second-order valence-electron chi connectivity index (χ2n) is 9.72. The van der Waals surface area contributed by atoms with Gasteiger partial charge in [-0.25, -0.2) is 0 Å². The molecule has 2 heterocycles. The molecule has 0 bridgehead atoms. The maximum Gasteiger partial charge on any atom is 0.416 e. The van der Waals surface area contributed by atoms with Gasteiger partial charge in [0.15, 0.2) is 5.78 Å². The molecule has 0 aromatic heterocycles. The van der Waals surface area contributed by atoms with E-state index in [1.165, 1.54) is 18.2 Å². The van der Waals surface area contributed by atoms with Crippen molar-refractivity contribution >= 4 is 39.3 Å². The fourth-order valence-electron chi connectivity index (χ4n) is 5.26. The molecule has 0 aliphatic carbocycles. The minimum Gasteiger partial charge on any atom is -0.463 e. The summed E-state index contributed by atoms with van der Waals surface area (Å²) < 4.78 is 79.7. The average Bonchev–Trinajstić information content (AvgIpc) is 3.01. The fourth-order valence-corrected chi connectivity index (χ4v) is 6.39. The maximum atomic E-state index is 13.1. The van der Waals surface area contributed by atoms with Gasteiger partial charge in [-0.05, 0) is 56.3 Å². The topological polar surface area (TPSA) is 83.9 Å². The third kappa shape index (κ3) is 3.81. The Morgan fingerprint density at radius 2 is 1.66 bits per heavy atom. The van der Waals surface area contributed by atoms with Crippen LogP contribution in [0.25, 0.3) is 6.08 Å². The van der Waals surface area contributed by atoms with Crippen LogP contribution < -0.4 is 9.64 Å². The average molecular weight is 564 g/mol. The van der Waals surface area contributed by atoms with Crippen molar-refractivity contribution < 1.29 is 35.7 Å². The molecule has 0 saturated carbocycles. The zero-order valence-corrected chi connectivity index (χ0v) is 21.9. The molecule has 0 amide bonds. The van der Waals surface area contributed by atoms with Crippen LogP contribution in [0.1, 0.15) is 46.5 Å². The van der Waals surface area contributed by atoms with E-state index in [2.05, 4.69) is 0 Å². The van der Waals surface area contributed by atoms with Crippen LogP contribution in [0.5, 0.6) is 5.75 Å². The van der Waals surface area contributed by atoms with Crippen molar-refractivity contribution in [2.24, 2.45) is 0 Å². The number of ether oxygens (including phenoxy) is 1. The summed E-state index contributed by atoms with van der Waals surface area (Å²) in [5.74, 6) is -0.185. The molecule has 0 radical (unpaired) electrons. The second-order valence-corrected chi connectivity index (χ2v) is 11.5. The number of nitrogens with zero attached hydrogens (tertiary/aromatic N) is 1. The number of hydrogen-bond acceptors (Lipinski definition) is 5. The van der Waals surface area contributed by atoms with Crippen LogP contribution in [0.4, 0.5) is 18.9 Å². The van der Waals surface area contributed by atoms with Crippen molar-refractivity contribution in [3.63, 3.8) is 0 Å². The molecular formula is C27H21ClF3NO5S. The molecule has 11 heteroatoms. The molecule has 3 aromatic rings. The van der Waals surface area contributed by atoms with E-state index in [9.17, 15) is 30.9 Å². The van der Waals surface area contributed by atoms with Crippen LogP contribution in [-0.4, -0.2) is 31.5 Å². The van der Waals surface area contributed by atoms with Gasteiger partial charge in [0.2, 0.25) is 5.72 Å². The summed E-state index contributed by atoms with van der Waals surface area (Å²) in [6, 6.07) is 11.3. The monoisotopic (exact) mass is 563 g/mol. The highest BCUT2D eigenvalue weighted by atomic mass is 35.5. The van der Waals surface area contributed by atoms with Crippen LogP contribution in [0.2, 0.25) is 5.02 Å². The van der Waals surface area contributed by atoms with E-state index in [0.717, 1.165) is 24.3 Å². The van der Waals surface area contributed by atoms with Crippen molar-refractivity contribution in [1.29, 1.82) is 0 Å². The number of carbonyl (C=O) groups excluding carboxylic acids is 1. The molecule has 1 N–H and O–H groups in total. The number of alkyl halides is 3. The van der Waals surface area contributed by atoms with Crippen molar-refractivity contribution in [2.75, 3.05) is 11.9 Å². The smallest absolute Gasteiger partial charge is 0.416 e. The standard InChI is InChI=1S/C27H21ClF3NO5S/c1-25(2)22-21(38(34,35)36)11-10-19(28)23(22)32(3)26(25)13-12-15-4-5-17(14-20(15)37-26)24(33)16-6-8-18(9-7-16)27(29,30)31/h4-14H,1-3H3,(H,34,35,36). The van der Waals surface area contributed by atoms with Crippen LogP contribution >= 0.6 is 11.6 Å². The Hall–Kier alpha value is -3.34. The van der Waals surface area contributed by atoms with Crippen molar-refractivity contribution in [3.8, 4) is 5.75 Å². The SMILES string of the molecule is CN1c2c(Cl)ccc(S(=O)(=O)O)c2C(C)(C)C12C=Cc1ccc(C(=O)c3ccc(C(F)(F)F)cc3)cc1O2. The van der Waals surface area contributed by atoms with Gasteiger partial charge in [0.05, 0.1) is 21.7 Å². The van der Waals surface area contributed by atoms with Gasteiger partial charge in [0.25, 0.3) is 10.1 Å². The first-order valence-electron chi connectivity index (χ1n) is 11.4. The van der Waals surface area contributed by atoms with Gasteiger partial charge in [-0.15, -0.1) is 0 Å². The lowest BCUT2D eigenvalue weighted by molar-refractivity contribution is -0.137. The highest BCUT2D eigenvalue weighted by Crippen LogP contribution is 2.58. The lowest BCUT2D eigenvalue weighted by Gasteiger charge is -2.46. The number of halogens is 4. The Kier molecular flexibility index (Phi) is 5.76. The van der Waals surface area contributed by atoms with Gasteiger partial charge in [-0.1, -0.05) is 35.9 Å². The third-order valence-electron chi connectivity index (χ3n) is 7.23. The lowest BCUT2D eigenvalue weighted by Crippen LogP contribution is -2.58. The minimum absolute atomic E-state index is 0.0781. The van der Waals surface area contributed by atoms with Gasteiger partial charge in [-0.3, -0.25) is 9.35 Å². The molecule has 198 valence electrons. The molecular weight excluding hydrogens is 543 g/mol. The molecule has 2 aliphatic heterocycles. The number of benzene rings is 3. The predicted octanol–water partition coefficient (Wildman–Crippen LogP) is 6.37. The highest BCUT2D eigenvalue weighted by molar-refractivity contribution is 7.85. The number of likely N-dealkylation sites (N-methyl/N-ethyl adjacent to an activating group) is 1. The number of ketones is 1. The molecule has 1 atom stereocenters. The highest BCUT2D eigenvalue weighted by Gasteiger charge is 2.60. The molecule has 1 unspecified atom stereocenters. The fraction of sp³-hybridized carbons (Fsp3) is 0.222. The molecule has 6 nitrogen and oxygen atoms in total. The molecule has 3 aromatic carbocycles. The Morgan fingerprint density at radius 1 is 1.03 bits per heavy atom. The third-order valence-corrected chi connectivity index (χ3v) is 8.43. The van der Waals surface area contributed by atoms with Gasteiger partial charge >= 0.3 is 6.18 Å². The number of hydrogen-bond donors (Lipinski definition) is 1. The normalized spacial score (nSPS) is 19.7. The van der Waals surface area contributed by atoms with E-state index < -0.39 is 38.8 Å². The lowest BCUT2D eigenvalue weighted by atomic mass is 9.76. The van der Waals surface area contributed by atoms with E-state index in [4.69, 9.17) is 16.3 Å². The summed E-state index contributed by atoms with van der Waals surface area (Å²) in [5.41, 5.74) is -1.64. The molecule has 2 aliphatic rings. The summed E-state index contributed by atoms with van der Waals surface area (Å²) >= 11 is 6.48. The van der Waals surface area contributed by atoms with E-state index >= 15 is 0 Å².